The van der Waals surface area contributed by atoms with Crippen LogP contribution in [0.25, 0.3) is 22.0 Å². The van der Waals surface area contributed by atoms with Crippen molar-refractivity contribution < 1.29 is 4.79 Å². The largest absolute Gasteiger partial charge is 0.358 e. The van der Waals surface area contributed by atoms with Gasteiger partial charge in [0.1, 0.15) is 0 Å². The average Bonchev–Trinajstić information content (AvgIpc) is 3.11. The molecular weight excluding hydrogens is 344 g/mol. The van der Waals surface area contributed by atoms with E-state index < -0.39 is 0 Å². The lowest BCUT2D eigenvalue weighted by Gasteiger charge is -2.32. The first-order chi connectivity index (χ1) is 13.7. The molecule has 2 aliphatic rings. The maximum Gasteiger partial charge on any atom is 0.225 e. The van der Waals surface area contributed by atoms with Gasteiger partial charge in [-0.3, -0.25) is 4.79 Å². The molecular formula is C25H28N2O. The third-order valence-corrected chi connectivity index (χ3v) is 6.63. The number of H-pyrrole nitrogens is 1. The zero-order chi connectivity index (χ0) is 19.1. The van der Waals surface area contributed by atoms with Crippen molar-refractivity contribution in [2.75, 3.05) is 6.54 Å². The highest BCUT2D eigenvalue weighted by Crippen LogP contribution is 2.33. The molecule has 1 amide bonds. The van der Waals surface area contributed by atoms with Crippen molar-refractivity contribution in [1.29, 1.82) is 0 Å². The molecule has 0 bridgehead atoms. The summed E-state index contributed by atoms with van der Waals surface area (Å²) in [6, 6.07) is 15.4. The third kappa shape index (κ3) is 3.13. The van der Waals surface area contributed by atoms with Crippen LogP contribution in [0.2, 0.25) is 0 Å². The number of carbonyl (C=O) groups is 1. The van der Waals surface area contributed by atoms with E-state index in [4.69, 9.17) is 0 Å². The van der Waals surface area contributed by atoms with Crippen molar-refractivity contribution in [2.45, 2.75) is 52.0 Å². The van der Waals surface area contributed by atoms with Crippen molar-refractivity contribution in [3.63, 3.8) is 0 Å². The van der Waals surface area contributed by atoms with Gasteiger partial charge in [-0.25, -0.2) is 0 Å². The molecule has 0 atom stereocenters. The van der Waals surface area contributed by atoms with Crippen LogP contribution in [0.4, 0.5) is 0 Å². The molecule has 0 saturated heterocycles. The van der Waals surface area contributed by atoms with Gasteiger partial charge in [0.15, 0.2) is 0 Å². The third-order valence-electron chi connectivity index (χ3n) is 6.63. The first-order valence-corrected chi connectivity index (χ1v) is 10.7. The highest BCUT2D eigenvalue weighted by atomic mass is 16.2. The van der Waals surface area contributed by atoms with Gasteiger partial charge in [0.2, 0.25) is 5.91 Å². The number of fused-ring (bicyclic) bond motifs is 3. The van der Waals surface area contributed by atoms with Gasteiger partial charge < -0.3 is 9.88 Å². The van der Waals surface area contributed by atoms with E-state index in [1.54, 1.807) is 0 Å². The summed E-state index contributed by atoms with van der Waals surface area (Å²) >= 11 is 0. The van der Waals surface area contributed by atoms with Crippen LogP contribution in [0.1, 0.15) is 48.9 Å². The van der Waals surface area contributed by atoms with E-state index in [0.717, 1.165) is 32.4 Å². The normalized spacial score (nSPS) is 17.7. The van der Waals surface area contributed by atoms with Gasteiger partial charge in [-0.1, -0.05) is 55.2 Å². The number of benzene rings is 2. The second-order valence-electron chi connectivity index (χ2n) is 8.55. The Morgan fingerprint density at radius 3 is 2.54 bits per heavy atom. The summed E-state index contributed by atoms with van der Waals surface area (Å²) in [6.45, 7) is 3.72. The van der Waals surface area contributed by atoms with Gasteiger partial charge in [-0.2, -0.15) is 0 Å². The minimum Gasteiger partial charge on any atom is -0.358 e. The number of aryl methyl sites for hydroxylation is 1. The van der Waals surface area contributed by atoms with E-state index in [1.807, 2.05) is 0 Å². The van der Waals surface area contributed by atoms with Crippen LogP contribution in [0, 0.1) is 12.8 Å². The fourth-order valence-corrected chi connectivity index (χ4v) is 4.94. The summed E-state index contributed by atoms with van der Waals surface area (Å²) < 4.78 is 0. The Labute approximate surface area is 166 Å². The number of carbonyl (C=O) groups excluding carboxylic acids is 1. The minimum absolute atomic E-state index is 0.253. The van der Waals surface area contributed by atoms with Crippen LogP contribution in [0.5, 0.6) is 0 Å². The lowest BCUT2D eigenvalue weighted by atomic mass is 9.87. The predicted octanol–water partition coefficient (Wildman–Crippen LogP) is 5.61. The molecule has 1 N–H and O–H groups in total. The maximum atomic E-state index is 13.1. The lowest BCUT2D eigenvalue weighted by molar-refractivity contribution is -0.137. The Bertz CT molecular complexity index is 1010. The molecule has 3 heteroatoms. The van der Waals surface area contributed by atoms with E-state index >= 15 is 0 Å². The molecule has 3 aromatic rings. The number of rotatable bonds is 2. The smallest absolute Gasteiger partial charge is 0.225 e. The molecule has 0 unspecified atom stereocenters. The van der Waals surface area contributed by atoms with Gasteiger partial charge >= 0.3 is 0 Å². The first-order valence-electron chi connectivity index (χ1n) is 10.7. The van der Waals surface area contributed by atoms with Gasteiger partial charge in [-0.05, 0) is 43.0 Å². The molecule has 1 aliphatic heterocycles. The summed E-state index contributed by atoms with van der Waals surface area (Å²) in [4.78, 5) is 18.8. The molecule has 1 aromatic heterocycles. The fourth-order valence-electron chi connectivity index (χ4n) is 4.94. The molecule has 144 valence electrons. The molecule has 5 rings (SSSR count). The van der Waals surface area contributed by atoms with Crippen LogP contribution in [0.15, 0.2) is 42.5 Å². The molecule has 28 heavy (non-hydrogen) atoms. The molecule has 2 aromatic carbocycles. The average molecular weight is 373 g/mol. The minimum atomic E-state index is 0.253. The lowest BCUT2D eigenvalue weighted by Crippen LogP contribution is -2.40. The molecule has 0 spiro atoms. The standard InChI is InChI=1S/C25H28N2O/c1-17-7-9-18(10-8-17)20-11-12-23-21(15-20)22-16-27(14-13-24(22)26-23)25(28)19-5-3-2-4-6-19/h7-12,15,19,26H,2-6,13-14,16H2,1H3. The number of nitrogens with one attached hydrogen (secondary N) is 1. The molecule has 1 saturated carbocycles. The quantitative estimate of drug-likeness (QED) is 0.624. The van der Waals surface area contributed by atoms with Gasteiger partial charge in [0.05, 0.1) is 0 Å². The second-order valence-corrected chi connectivity index (χ2v) is 8.55. The monoisotopic (exact) mass is 372 g/mol. The summed E-state index contributed by atoms with van der Waals surface area (Å²) in [5.74, 6) is 0.637. The highest BCUT2D eigenvalue weighted by molar-refractivity contribution is 5.90. The van der Waals surface area contributed by atoms with E-state index in [2.05, 4.69) is 59.3 Å². The van der Waals surface area contributed by atoms with Crippen molar-refractivity contribution in [3.8, 4) is 11.1 Å². The Hall–Kier alpha value is -2.55. The van der Waals surface area contributed by atoms with Crippen molar-refractivity contribution >= 4 is 16.8 Å². The number of nitrogens with zero attached hydrogens (tertiary/aromatic N) is 1. The Morgan fingerprint density at radius 2 is 1.75 bits per heavy atom. The molecule has 3 nitrogen and oxygen atoms in total. The topological polar surface area (TPSA) is 36.1 Å². The van der Waals surface area contributed by atoms with Crippen LogP contribution in [0.3, 0.4) is 0 Å². The van der Waals surface area contributed by atoms with Gasteiger partial charge in [0, 0.05) is 47.6 Å². The number of amides is 1. The molecule has 1 aliphatic carbocycles. The van der Waals surface area contributed by atoms with Gasteiger partial charge in [0.25, 0.3) is 0 Å². The van der Waals surface area contributed by atoms with Crippen molar-refractivity contribution in [1.82, 2.24) is 9.88 Å². The van der Waals surface area contributed by atoms with E-state index in [-0.39, 0.29) is 5.92 Å². The number of hydrogen-bond acceptors (Lipinski definition) is 1. The Kier molecular flexibility index (Phi) is 4.46. The molecule has 1 fully saturated rings. The molecule has 0 radical (unpaired) electrons. The number of aromatic amines is 1. The zero-order valence-corrected chi connectivity index (χ0v) is 16.6. The summed E-state index contributed by atoms with van der Waals surface area (Å²) in [6.07, 6.45) is 6.80. The summed E-state index contributed by atoms with van der Waals surface area (Å²) in [5, 5.41) is 1.27. The van der Waals surface area contributed by atoms with Crippen LogP contribution in [-0.4, -0.2) is 22.3 Å². The maximum absolute atomic E-state index is 13.1. The first kappa shape index (κ1) is 17.5. The zero-order valence-electron chi connectivity index (χ0n) is 16.6. The SMILES string of the molecule is Cc1ccc(-c2ccc3[nH]c4c(c3c2)CN(C(=O)C2CCCCC2)CC4)cc1. The van der Waals surface area contributed by atoms with Crippen molar-refractivity contribution in [2.24, 2.45) is 5.92 Å². The van der Waals surface area contributed by atoms with Gasteiger partial charge in [-0.15, -0.1) is 0 Å². The predicted molar refractivity (Wildman–Crippen MR) is 114 cm³/mol. The van der Waals surface area contributed by atoms with Crippen LogP contribution < -0.4 is 0 Å². The van der Waals surface area contributed by atoms with E-state index in [1.165, 1.54) is 58.1 Å². The van der Waals surface area contributed by atoms with Crippen LogP contribution >= 0.6 is 0 Å². The summed E-state index contributed by atoms with van der Waals surface area (Å²) in [5.41, 5.74) is 7.58. The second kappa shape index (κ2) is 7.12. The Morgan fingerprint density at radius 1 is 1.00 bits per heavy atom. The van der Waals surface area contributed by atoms with Crippen LogP contribution in [-0.2, 0) is 17.8 Å². The van der Waals surface area contributed by atoms with Crippen molar-refractivity contribution in [3.05, 3.63) is 59.3 Å². The van der Waals surface area contributed by atoms with E-state index in [9.17, 15) is 4.79 Å². The fraction of sp³-hybridized carbons (Fsp3) is 0.400. The summed E-state index contributed by atoms with van der Waals surface area (Å²) in [7, 11) is 0. The molecule has 2 heterocycles. The Balaban J connectivity index is 1.46. The number of hydrogen-bond donors (Lipinski definition) is 1. The van der Waals surface area contributed by atoms with E-state index in [0.29, 0.717) is 5.91 Å². The highest BCUT2D eigenvalue weighted by Gasteiger charge is 2.29. The number of aromatic nitrogens is 1.